The summed E-state index contributed by atoms with van der Waals surface area (Å²) in [6.45, 7) is 0.397. The van der Waals surface area contributed by atoms with E-state index >= 15 is 0 Å². The maximum absolute atomic E-state index is 11.9. The number of fused-ring (bicyclic) bond motifs is 3. The molecule has 3 rings (SSSR count). The fourth-order valence-electron chi connectivity index (χ4n) is 3.30. The van der Waals surface area contributed by atoms with Gasteiger partial charge in [0.05, 0.1) is 0 Å². The highest BCUT2D eigenvalue weighted by atomic mass is 16.5. The number of hydrogen-bond donors (Lipinski definition) is 2. The molecular weight excluding hydrogens is 334 g/mol. The Morgan fingerprint density at radius 3 is 2.19 bits per heavy atom. The van der Waals surface area contributed by atoms with E-state index in [0.717, 1.165) is 11.1 Å². The molecule has 2 aromatic carbocycles. The number of carboxylic acids is 1. The molecule has 6 nitrogen and oxygen atoms in total. The number of hydrogen-bond acceptors (Lipinski definition) is 4. The van der Waals surface area contributed by atoms with Crippen LogP contribution in [0.4, 0.5) is 4.79 Å². The first-order valence-corrected chi connectivity index (χ1v) is 8.46. The molecule has 1 atom stereocenters. The van der Waals surface area contributed by atoms with E-state index in [9.17, 15) is 9.59 Å². The van der Waals surface area contributed by atoms with E-state index in [1.165, 1.54) is 18.2 Å². The maximum atomic E-state index is 11.9. The number of methoxy groups -OCH3 is 1. The minimum atomic E-state index is -1.05. The third-order valence-electron chi connectivity index (χ3n) is 4.58. The number of carbonyl (C=O) groups excluding carboxylic acids is 1. The second kappa shape index (κ2) is 8.01. The lowest BCUT2D eigenvalue weighted by Crippen LogP contribution is -2.32. The van der Waals surface area contributed by atoms with Crippen molar-refractivity contribution in [3.8, 4) is 11.1 Å². The summed E-state index contributed by atoms with van der Waals surface area (Å²) in [4.78, 5) is 22.8. The van der Waals surface area contributed by atoms with Crippen molar-refractivity contribution >= 4 is 12.1 Å². The monoisotopic (exact) mass is 355 g/mol. The molecule has 0 bridgehead atoms. The van der Waals surface area contributed by atoms with Crippen LogP contribution in [-0.2, 0) is 14.3 Å². The number of nitrogens with one attached hydrogen (secondary N) is 1. The van der Waals surface area contributed by atoms with E-state index in [1.807, 2.05) is 24.3 Å². The standard InChI is InChI=1S/C20H21NO5/c1-25-18(19(22)23)10-11-21-20(24)26-12-17-15-8-4-2-6-13(15)14-7-3-5-9-16(14)17/h2-9,17-18H,10-12H2,1H3,(H,21,24)(H,22,23)/t18-/m0/s1. The van der Waals surface area contributed by atoms with E-state index in [2.05, 4.69) is 29.6 Å². The smallest absolute Gasteiger partial charge is 0.407 e. The zero-order valence-electron chi connectivity index (χ0n) is 14.5. The van der Waals surface area contributed by atoms with Crippen molar-refractivity contribution in [2.75, 3.05) is 20.3 Å². The zero-order valence-corrected chi connectivity index (χ0v) is 14.5. The van der Waals surface area contributed by atoms with Crippen LogP contribution < -0.4 is 5.32 Å². The van der Waals surface area contributed by atoms with Gasteiger partial charge in [-0.1, -0.05) is 48.5 Å². The number of benzene rings is 2. The maximum Gasteiger partial charge on any atom is 0.407 e. The summed E-state index contributed by atoms with van der Waals surface area (Å²) in [5, 5.41) is 11.5. The Morgan fingerprint density at radius 1 is 1.08 bits per heavy atom. The van der Waals surface area contributed by atoms with Crippen LogP contribution in [0, 0.1) is 0 Å². The Kier molecular flexibility index (Phi) is 5.53. The molecule has 1 amide bonds. The molecule has 0 radical (unpaired) electrons. The van der Waals surface area contributed by atoms with Crippen LogP contribution in [0.2, 0.25) is 0 Å². The molecule has 1 aliphatic rings. The third-order valence-corrected chi connectivity index (χ3v) is 4.58. The van der Waals surface area contributed by atoms with Crippen LogP contribution in [0.25, 0.3) is 11.1 Å². The molecule has 2 N–H and O–H groups in total. The average Bonchev–Trinajstić information content (AvgIpc) is 2.97. The van der Waals surface area contributed by atoms with Gasteiger partial charge in [-0.25, -0.2) is 9.59 Å². The lowest BCUT2D eigenvalue weighted by atomic mass is 9.98. The lowest BCUT2D eigenvalue weighted by Gasteiger charge is -2.15. The van der Waals surface area contributed by atoms with Crippen LogP contribution in [0.15, 0.2) is 48.5 Å². The van der Waals surface area contributed by atoms with Crippen molar-refractivity contribution < 1.29 is 24.2 Å². The summed E-state index contributed by atoms with van der Waals surface area (Å²) >= 11 is 0. The molecule has 2 aromatic rings. The van der Waals surface area contributed by atoms with Gasteiger partial charge >= 0.3 is 12.1 Å². The highest BCUT2D eigenvalue weighted by Gasteiger charge is 2.29. The van der Waals surface area contributed by atoms with Gasteiger partial charge in [0.25, 0.3) is 0 Å². The topological polar surface area (TPSA) is 84.9 Å². The van der Waals surface area contributed by atoms with Gasteiger partial charge in [-0.3, -0.25) is 0 Å². The van der Waals surface area contributed by atoms with Crippen molar-refractivity contribution in [1.82, 2.24) is 5.32 Å². The van der Waals surface area contributed by atoms with Gasteiger partial charge in [-0.2, -0.15) is 0 Å². The molecule has 1 aliphatic carbocycles. The normalized spacial score (nSPS) is 13.6. The first-order chi connectivity index (χ1) is 12.6. The highest BCUT2D eigenvalue weighted by Crippen LogP contribution is 2.44. The fourth-order valence-corrected chi connectivity index (χ4v) is 3.30. The van der Waals surface area contributed by atoms with Gasteiger partial charge in [-0.15, -0.1) is 0 Å². The van der Waals surface area contributed by atoms with Crippen molar-refractivity contribution in [2.45, 2.75) is 18.4 Å². The summed E-state index contributed by atoms with van der Waals surface area (Å²) in [7, 11) is 1.33. The number of alkyl carbamates (subject to hydrolysis) is 1. The molecule has 0 heterocycles. The highest BCUT2D eigenvalue weighted by molar-refractivity contribution is 5.79. The molecule has 6 heteroatoms. The molecule has 0 aliphatic heterocycles. The summed E-state index contributed by atoms with van der Waals surface area (Å²) < 4.78 is 10.2. The number of aliphatic carboxylic acids is 1. The molecule has 136 valence electrons. The second-order valence-corrected chi connectivity index (χ2v) is 6.10. The molecule has 26 heavy (non-hydrogen) atoms. The van der Waals surface area contributed by atoms with E-state index in [-0.39, 0.29) is 25.5 Å². The predicted octanol–water partition coefficient (Wildman–Crippen LogP) is 3.01. The fraction of sp³-hybridized carbons (Fsp3) is 0.300. The Bertz CT molecular complexity index is 759. The Hall–Kier alpha value is -2.86. The van der Waals surface area contributed by atoms with Crippen molar-refractivity contribution in [1.29, 1.82) is 0 Å². The average molecular weight is 355 g/mol. The number of rotatable bonds is 7. The van der Waals surface area contributed by atoms with Crippen LogP contribution >= 0.6 is 0 Å². The van der Waals surface area contributed by atoms with E-state index in [0.29, 0.717) is 0 Å². The summed E-state index contributed by atoms with van der Waals surface area (Å²) in [5.74, 6) is -1.05. The number of carbonyl (C=O) groups is 2. The molecule has 0 saturated carbocycles. The summed E-state index contributed by atoms with van der Waals surface area (Å²) in [5.41, 5.74) is 4.63. The van der Waals surface area contributed by atoms with Crippen molar-refractivity contribution in [3.63, 3.8) is 0 Å². The molecule has 0 unspecified atom stereocenters. The van der Waals surface area contributed by atoms with Gasteiger partial charge in [0.2, 0.25) is 0 Å². The number of carboxylic acid groups (broad SMARTS) is 1. The number of amides is 1. The van der Waals surface area contributed by atoms with Gasteiger partial charge in [0.15, 0.2) is 6.10 Å². The van der Waals surface area contributed by atoms with Crippen molar-refractivity contribution in [2.24, 2.45) is 0 Å². The Labute approximate surface area is 151 Å². The van der Waals surface area contributed by atoms with Crippen LogP contribution in [0.5, 0.6) is 0 Å². The van der Waals surface area contributed by atoms with E-state index in [4.69, 9.17) is 14.6 Å². The zero-order chi connectivity index (χ0) is 18.5. The molecule has 0 fully saturated rings. The molecule has 0 aromatic heterocycles. The Morgan fingerprint density at radius 2 is 1.65 bits per heavy atom. The second-order valence-electron chi connectivity index (χ2n) is 6.10. The van der Waals surface area contributed by atoms with Gasteiger partial charge in [-0.05, 0) is 22.3 Å². The first kappa shape index (κ1) is 17.9. The first-order valence-electron chi connectivity index (χ1n) is 8.46. The van der Waals surface area contributed by atoms with Gasteiger partial charge in [0, 0.05) is 26.0 Å². The Balaban J connectivity index is 1.58. The predicted molar refractivity (Wildman–Crippen MR) is 96.1 cm³/mol. The summed E-state index contributed by atoms with van der Waals surface area (Å²) in [6, 6.07) is 16.2. The largest absolute Gasteiger partial charge is 0.479 e. The third kappa shape index (κ3) is 3.70. The SMILES string of the molecule is CO[C@@H](CCNC(=O)OCC1c2ccccc2-c2ccccc21)C(=O)O. The van der Waals surface area contributed by atoms with Crippen molar-refractivity contribution in [3.05, 3.63) is 59.7 Å². The molecule has 0 saturated heterocycles. The minimum Gasteiger partial charge on any atom is -0.479 e. The quantitative estimate of drug-likeness (QED) is 0.797. The van der Waals surface area contributed by atoms with Gasteiger partial charge < -0.3 is 19.9 Å². The molecular formula is C20H21NO5. The van der Waals surface area contributed by atoms with Crippen LogP contribution in [-0.4, -0.2) is 43.5 Å². The van der Waals surface area contributed by atoms with Gasteiger partial charge in [0.1, 0.15) is 6.61 Å². The molecule has 0 spiro atoms. The number of ether oxygens (including phenoxy) is 2. The summed E-state index contributed by atoms with van der Waals surface area (Å²) in [6.07, 6.45) is -1.33. The van der Waals surface area contributed by atoms with E-state index < -0.39 is 18.2 Å². The minimum absolute atomic E-state index is 0.00102. The van der Waals surface area contributed by atoms with Crippen LogP contribution in [0.1, 0.15) is 23.5 Å². The van der Waals surface area contributed by atoms with Crippen LogP contribution in [0.3, 0.4) is 0 Å². The van der Waals surface area contributed by atoms with E-state index in [1.54, 1.807) is 0 Å². The lowest BCUT2D eigenvalue weighted by molar-refractivity contribution is -0.148.